The zero-order chi connectivity index (χ0) is 36.0. The molecule has 4 unspecified atom stereocenters. The molecule has 0 bridgehead atoms. The lowest BCUT2D eigenvalue weighted by Crippen LogP contribution is -2.68. The molecule has 2 heterocycles. The van der Waals surface area contributed by atoms with Crippen molar-refractivity contribution < 1.29 is 18.9 Å². The van der Waals surface area contributed by atoms with Gasteiger partial charge in [-0.3, -0.25) is 13.9 Å². The van der Waals surface area contributed by atoms with Crippen LogP contribution < -0.4 is 5.32 Å². The largest absolute Gasteiger partial charge is 0.478 e. The number of hydrogen-bond acceptors (Lipinski definition) is 5. The van der Waals surface area contributed by atoms with Gasteiger partial charge in [0.05, 0.1) is 5.56 Å². The first-order valence-electron chi connectivity index (χ1n) is 19.7. The molecule has 8 heteroatoms. The maximum Gasteiger partial charge on any atom is 0.335 e. The lowest BCUT2D eigenvalue weighted by molar-refractivity contribution is -0.217. The summed E-state index contributed by atoms with van der Waals surface area (Å²) in [5, 5.41) is 15.4. The molecule has 1 aromatic carbocycles. The van der Waals surface area contributed by atoms with Crippen molar-refractivity contribution in [3.63, 3.8) is 0 Å². The van der Waals surface area contributed by atoms with Crippen molar-refractivity contribution >= 4 is 39.6 Å². The van der Waals surface area contributed by atoms with Gasteiger partial charge in [-0.15, -0.1) is 11.3 Å². The van der Waals surface area contributed by atoms with Crippen LogP contribution in [-0.2, 0) is 15.6 Å². The zero-order valence-corrected chi connectivity index (χ0v) is 33.0. The molecule has 2 aromatic rings. The van der Waals surface area contributed by atoms with Gasteiger partial charge in [0.2, 0.25) is 5.91 Å². The number of carboxylic acid groups (broad SMARTS) is 1. The highest BCUT2D eigenvalue weighted by atomic mass is 32.2. The van der Waals surface area contributed by atoms with Gasteiger partial charge >= 0.3 is 5.97 Å². The summed E-state index contributed by atoms with van der Waals surface area (Å²) >= 11 is 1.67. The van der Waals surface area contributed by atoms with E-state index < -0.39 is 16.8 Å². The number of benzene rings is 1. The number of nitrogens with one attached hydrogen (secondary N) is 1. The van der Waals surface area contributed by atoms with Crippen LogP contribution in [-0.4, -0.2) is 56.2 Å². The Morgan fingerprint density at radius 2 is 1.63 bits per heavy atom. The Labute approximate surface area is 311 Å². The summed E-state index contributed by atoms with van der Waals surface area (Å²) in [5.41, 5.74) is 3.45. The first-order valence-corrected chi connectivity index (χ1v) is 22.1. The van der Waals surface area contributed by atoms with E-state index >= 15 is 0 Å². The Morgan fingerprint density at radius 1 is 0.882 bits per heavy atom. The molecule has 0 spiro atoms. The Morgan fingerprint density at radius 3 is 2.31 bits per heavy atom. The van der Waals surface area contributed by atoms with Crippen LogP contribution in [0.5, 0.6) is 0 Å². The van der Waals surface area contributed by atoms with Crippen LogP contribution in [0.1, 0.15) is 126 Å². The van der Waals surface area contributed by atoms with Crippen molar-refractivity contribution in [1.29, 1.82) is 0 Å². The predicted molar refractivity (Wildman–Crippen MR) is 207 cm³/mol. The molecule has 1 aliphatic heterocycles. The standard InChI is InChI=1S/C43H58N2O4S2/c1-39(2)30(28-10-12-29(13-11-28)38(47)48)16-19-40(3)34(39)17-20-42(5)35(40)15-14-31-32-8-6-18-43(32,22-21-41(31,42)4)44-37(46)36(33-9-7-25-50-33)45-23-26-51(49)27-24-45/h7,9-13,16,25,31-32,34-36H,6,8,14-15,17-24,26-27H2,1-5H3,(H,44,46)(H,47,48)/t31-,32?,34?,35?,36?,40+,41-,42-,43+/m1/s1. The van der Waals surface area contributed by atoms with Gasteiger partial charge in [0.25, 0.3) is 0 Å². The van der Waals surface area contributed by atoms with Gasteiger partial charge in [0.1, 0.15) is 6.04 Å². The molecular formula is C43H58N2O4S2. The van der Waals surface area contributed by atoms with E-state index in [1.807, 2.05) is 12.1 Å². The van der Waals surface area contributed by atoms with Crippen molar-refractivity contribution in [3.05, 3.63) is 63.9 Å². The lowest BCUT2D eigenvalue weighted by Gasteiger charge is -2.72. The van der Waals surface area contributed by atoms with Crippen molar-refractivity contribution in [1.82, 2.24) is 10.2 Å². The highest BCUT2D eigenvalue weighted by molar-refractivity contribution is 7.85. The average Bonchev–Trinajstić information content (AvgIpc) is 3.77. The van der Waals surface area contributed by atoms with E-state index in [9.17, 15) is 18.9 Å². The van der Waals surface area contributed by atoms with E-state index in [1.54, 1.807) is 23.5 Å². The van der Waals surface area contributed by atoms with Gasteiger partial charge in [0, 0.05) is 45.8 Å². The smallest absolute Gasteiger partial charge is 0.335 e. The van der Waals surface area contributed by atoms with Gasteiger partial charge < -0.3 is 10.4 Å². The Hall–Kier alpha value is -2.29. The van der Waals surface area contributed by atoms with Crippen LogP contribution in [0.2, 0.25) is 0 Å². The summed E-state index contributed by atoms with van der Waals surface area (Å²) in [6.07, 6.45) is 14.3. The van der Waals surface area contributed by atoms with E-state index in [4.69, 9.17) is 0 Å². The third kappa shape index (κ3) is 5.41. The van der Waals surface area contributed by atoms with Gasteiger partial charge in [-0.2, -0.15) is 0 Å². The van der Waals surface area contributed by atoms with E-state index in [0.717, 1.165) is 24.1 Å². The highest BCUT2D eigenvalue weighted by Gasteiger charge is 2.69. The van der Waals surface area contributed by atoms with E-state index in [1.165, 1.54) is 56.1 Å². The second-order valence-corrected chi connectivity index (χ2v) is 21.2. The molecule has 6 aliphatic rings. The minimum Gasteiger partial charge on any atom is -0.478 e. The van der Waals surface area contributed by atoms with Crippen molar-refractivity contribution in [2.45, 2.75) is 110 Å². The number of thiophene rings is 1. The lowest BCUT2D eigenvalue weighted by atomic mass is 9.33. The average molecular weight is 731 g/mol. The molecule has 8 rings (SSSR count). The zero-order valence-electron chi connectivity index (χ0n) is 31.3. The topological polar surface area (TPSA) is 86.7 Å². The third-order valence-electron chi connectivity index (χ3n) is 16.4. The number of nitrogens with zero attached hydrogens (tertiary/aromatic N) is 1. The van der Waals surface area contributed by atoms with Crippen LogP contribution in [0.4, 0.5) is 0 Å². The number of allylic oxidation sites excluding steroid dienone is 2. The monoisotopic (exact) mass is 730 g/mol. The summed E-state index contributed by atoms with van der Waals surface area (Å²) in [6, 6.07) is 11.4. The SMILES string of the molecule is CC1(C)C(c2ccc(C(=O)O)cc2)=CC[C@@]2(C)C1CC[C@]1(C)C2CC[C@@H]2C3CCC[C@]3(NC(=O)C(c3cccs3)N3CCS(=O)CC3)CC[C@]21C. The summed E-state index contributed by atoms with van der Waals surface area (Å²) in [5.74, 6) is 2.94. The second-order valence-electron chi connectivity index (χ2n) is 18.5. The Balaban J connectivity index is 1.06. The quantitative estimate of drug-likeness (QED) is 0.310. The predicted octanol–water partition coefficient (Wildman–Crippen LogP) is 8.97. The Kier molecular flexibility index (Phi) is 8.86. The molecule has 2 N–H and O–H groups in total. The summed E-state index contributed by atoms with van der Waals surface area (Å²) in [7, 11) is -0.781. The summed E-state index contributed by atoms with van der Waals surface area (Å²) in [4.78, 5) is 29.5. The number of aromatic carboxylic acids is 1. The minimum absolute atomic E-state index is 0.00320. The van der Waals surface area contributed by atoms with E-state index in [0.29, 0.717) is 53.8 Å². The number of carbonyl (C=O) groups excluding carboxylic acids is 1. The van der Waals surface area contributed by atoms with Gasteiger partial charge in [-0.25, -0.2) is 4.79 Å². The minimum atomic E-state index is -0.874. The van der Waals surface area contributed by atoms with Crippen LogP contribution in [0.25, 0.3) is 5.57 Å². The second kappa shape index (κ2) is 12.7. The fourth-order valence-electron chi connectivity index (χ4n) is 13.8. The fourth-order valence-corrected chi connectivity index (χ4v) is 15.8. The molecule has 9 atom stereocenters. The molecule has 6 nitrogen and oxygen atoms in total. The number of hydrogen-bond donors (Lipinski definition) is 2. The number of fused-ring (bicyclic) bond motifs is 7. The molecule has 0 radical (unpaired) electrons. The molecule has 1 amide bonds. The van der Waals surface area contributed by atoms with Gasteiger partial charge in [-0.05, 0) is 138 Å². The summed E-state index contributed by atoms with van der Waals surface area (Å²) in [6.45, 7) is 14.3. The maximum absolute atomic E-state index is 14.5. The number of carbonyl (C=O) groups is 2. The molecule has 5 fully saturated rings. The van der Waals surface area contributed by atoms with Crippen LogP contribution in [0.3, 0.4) is 0 Å². The van der Waals surface area contributed by atoms with E-state index in [-0.39, 0.29) is 39.1 Å². The first kappa shape index (κ1) is 35.7. The van der Waals surface area contributed by atoms with Crippen LogP contribution >= 0.6 is 11.3 Å². The van der Waals surface area contributed by atoms with Gasteiger partial charge in [0.15, 0.2) is 0 Å². The molecule has 5 aliphatic carbocycles. The summed E-state index contributed by atoms with van der Waals surface area (Å²) < 4.78 is 12.2. The normalized spacial score (nSPS) is 39.8. The fraction of sp³-hybridized carbons (Fsp3) is 0.674. The maximum atomic E-state index is 14.5. The number of amides is 1. The molecule has 1 aromatic heterocycles. The number of rotatable bonds is 6. The van der Waals surface area contributed by atoms with Crippen molar-refractivity contribution in [2.24, 2.45) is 45.3 Å². The van der Waals surface area contributed by atoms with E-state index in [2.05, 4.69) is 68.4 Å². The molecule has 276 valence electrons. The first-order chi connectivity index (χ1) is 24.2. The highest BCUT2D eigenvalue weighted by Crippen LogP contribution is 2.76. The molecule has 1 saturated heterocycles. The van der Waals surface area contributed by atoms with Crippen molar-refractivity contribution in [3.8, 4) is 0 Å². The Bertz CT molecular complexity index is 1730. The molecule has 4 saturated carbocycles. The van der Waals surface area contributed by atoms with Crippen LogP contribution in [0, 0.1) is 45.3 Å². The van der Waals surface area contributed by atoms with Gasteiger partial charge in [-0.1, -0.05) is 65.3 Å². The number of carboxylic acids is 1. The van der Waals surface area contributed by atoms with Crippen molar-refractivity contribution in [2.75, 3.05) is 24.6 Å². The third-order valence-corrected chi connectivity index (χ3v) is 18.6. The molecule has 51 heavy (non-hydrogen) atoms. The molecular weight excluding hydrogens is 673 g/mol. The van der Waals surface area contributed by atoms with Crippen LogP contribution in [0.15, 0.2) is 47.9 Å².